The van der Waals surface area contributed by atoms with Crippen LogP contribution in [0.1, 0.15) is 5.69 Å². The Morgan fingerprint density at radius 1 is 1.56 bits per heavy atom. The first kappa shape index (κ1) is 12.4. The van der Waals surface area contributed by atoms with Crippen LogP contribution in [0.5, 0.6) is 0 Å². The van der Waals surface area contributed by atoms with E-state index in [9.17, 15) is 4.79 Å². The number of carboxylic acids is 1. The van der Waals surface area contributed by atoms with E-state index in [2.05, 4.69) is 15.2 Å². The summed E-state index contributed by atoms with van der Waals surface area (Å²) in [5.41, 5.74) is 1.63. The number of aryl methyl sites for hydroxylation is 1. The van der Waals surface area contributed by atoms with Crippen LogP contribution in [0.15, 0.2) is 23.5 Å². The van der Waals surface area contributed by atoms with Crippen molar-refractivity contribution < 1.29 is 9.90 Å². The Bertz CT molecular complexity index is 583. The van der Waals surface area contributed by atoms with Crippen molar-refractivity contribution in [2.24, 2.45) is 0 Å². The van der Waals surface area contributed by atoms with Crippen molar-refractivity contribution in [3.05, 3.63) is 24.0 Å². The van der Waals surface area contributed by atoms with Gasteiger partial charge < -0.3 is 10.9 Å². The lowest BCUT2D eigenvalue weighted by atomic mass is 10.2. The molecule has 94 valence electrons. The van der Waals surface area contributed by atoms with Gasteiger partial charge in [0.25, 0.3) is 0 Å². The zero-order chi connectivity index (χ0) is 13.1. The van der Waals surface area contributed by atoms with Crippen LogP contribution in [0.25, 0.3) is 11.4 Å². The van der Waals surface area contributed by atoms with E-state index in [1.807, 2.05) is 13.0 Å². The molecule has 2 rings (SSSR count). The number of aliphatic carboxylic acids is 1. The normalized spacial score (nSPS) is 10.5. The third-order valence-electron chi connectivity index (χ3n) is 2.14. The highest BCUT2D eigenvalue weighted by molar-refractivity contribution is 7.99. The van der Waals surface area contributed by atoms with Gasteiger partial charge in [-0.3, -0.25) is 9.78 Å². The van der Waals surface area contributed by atoms with Crippen LogP contribution >= 0.6 is 11.8 Å². The maximum Gasteiger partial charge on any atom is 0.313 e. The van der Waals surface area contributed by atoms with Crippen LogP contribution in [0.3, 0.4) is 0 Å². The Morgan fingerprint density at radius 3 is 3.00 bits per heavy atom. The third-order valence-corrected chi connectivity index (χ3v) is 3.07. The second-order valence-electron chi connectivity index (χ2n) is 3.54. The topological polar surface area (TPSA) is 107 Å². The van der Waals surface area contributed by atoms with Crippen LogP contribution in [0.2, 0.25) is 0 Å². The molecule has 0 atom stereocenters. The van der Waals surface area contributed by atoms with Gasteiger partial charge in [-0.15, -0.1) is 10.2 Å². The number of thioether (sulfide) groups is 1. The van der Waals surface area contributed by atoms with Crippen LogP contribution in [0.4, 0.5) is 0 Å². The Labute approximate surface area is 107 Å². The number of nitrogen functional groups attached to an aromatic ring is 1. The first-order valence-electron chi connectivity index (χ1n) is 5.06. The van der Waals surface area contributed by atoms with E-state index in [0.717, 1.165) is 23.0 Å². The SMILES string of the molecule is Cc1cc(-c2nnc(SCC(=O)O)n2N)ccn1. The van der Waals surface area contributed by atoms with E-state index in [0.29, 0.717) is 11.0 Å². The van der Waals surface area contributed by atoms with Gasteiger partial charge in [-0.25, -0.2) is 4.68 Å². The van der Waals surface area contributed by atoms with Crippen molar-refractivity contribution in [3.63, 3.8) is 0 Å². The summed E-state index contributed by atoms with van der Waals surface area (Å²) in [6.07, 6.45) is 1.66. The summed E-state index contributed by atoms with van der Waals surface area (Å²) in [6, 6.07) is 3.60. The van der Waals surface area contributed by atoms with E-state index in [-0.39, 0.29) is 5.75 Å². The number of aromatic nitrogens is 4. The Hall–Kier alpha value is -2.09. The van der Waals surface area contributed by atoms with Gasteiger partial charge in [0, 0.05) is 17.5 Å². The summed E-state index contributed by atoms with van der Waals surface area (Å²) in [5.74, 6) is 5.28. The molecule has 0 bridgehead atoms. The number of hydrogen-bond donors (Lipinski definition) is 2. The zero-order valence-electron chi connectivity index (χ0n) is 9.57. The lowest BCUT2D eigenvalue weighted by molar-refractivity contribution is -0.133. The molecule has 2 heterocycles. The molecular formula is C10H11N5O2S. The molecule has 0 spiro atoms. The van der Waals surface area contributed by atoms with Crippen LogP contribution in [0, 0.1) is 6.92 Å². The molecule has 0 amide bonds. The van der Waals surface area contributed by atoms with Crippen molar-refractivity contribution in [1.82, 2.24) is 19.9 Å². The second-order valence-corrected chi connectivity index (χ2v) is 4.49. The maximum absolute atomic E-state index is 10.5. The van der Waals surface area contributed by atoms with E-state index in [1.54, 1.807) is 12.3 Å². The Balaban J connectivity index is 2.28. The average molecular weight is 265 g/mol. The molecule has 0 aliphatic heterocycles. The highest BCUT2D eigenvalue weighted by Crippen LogP contribution is 2.21. The predicted molar refractivity (Wildman–Crippen MR) is 66.5 cm³/mol. The fraction of sp³-hybridized carbons (Fsp3) is 0.200. The van der Waals surface area contributed by atoms with Crippen LogP contribution in [-0.2, 0) is 4.79 Å². The van der Waals surface area contributed by atoms with Crippen LogP contribution in [-0.4, -0.2) is 36.7 Å². The van der Waals surface area contributed by atoms with Gasteiger partial charge in [-0.2, -0.15) is 0 Å². The molecule has 0 fully saturated rings. The van der Waals surface area contributed by atoms with E-state index >= 15 is 0 Å². The van der Waals surface area contributed by atoms with Crippen molar-refractivity contribution in [2.45, 2.75) is 12.1 Å². The first-order chi connectivity index (χ1) is 8.58. The number of rotatable bonds is 4. The molecule has 0 aliphatic rings. The van der Waals surface area contributed by atoms with Crippen LogP contribution < -0.4 is 5.84 Å². The molecule has 2 aromatic heterocycles. The van der Waals surface area contributed by atoms with Gasteiger partial charge >= 0.3 is 5.97 Å². The maximum atomic E-state index is 10.5. The summed E-state index contributed by atoms with van der Waals surface area (Å²) in [4.78, 5) is 14.6. The monoisotopic (exact) mass is 265 g/mol. The van der Waals surface area contributed by atoms with E-state index in [4.69, 9.17) is 10.9 Å². The molecule has 0 unspecified atom stereocenters. The Kier molecular flexibility index (Phi) is 3.47. The van der Waals surface area contributed by atoms with Crippen molar-refractivity contribution >= 4 is 17.7 Å². The average Bonchev–Trinajstić information content (AvgIpc) is 2.68. The van der Waals surface area contributed by atoms with Crippen molar-refractivity contribution in [3.8, 4) is 11.4 Å². The minimum atomic E-state index is -0.927. The van der Waals surface area contributed by atoms with Gasteiger partial charge in [-0.05, 0) is 19.1 Å². The number of hydrogen-bond acceptors (Lipinski definition) is 6. The van der Waals surface area contributed by atoms with Gasteiger partial charge in [0.05, 0.1) is 5.75 Å². The molecule has 0 aliphatic carbocycles. The molecular weight excluding hydrogens is 254 g/mol. The van der Waals surface area contributed by atoms with Gasteiger partial charge in [0.2, 0.25) is 5.16 Å². The molecule has 18 heavy (non-hydrogen) atoms. The minimum Gasteiger partial charge on any atom is -0.481 e. The minimum absolute atomic E-state index is 0.106. The lowest BCUT2D eigenvalue weighted by Crippen LogP contribution is -2.12. The quantitative estimate of drug-likeness (QED) is 0.613. The molecule has 0 saturated carbocycles. The molecule has 3 N–H and O–H groups in total. The molecule has 0 saturated heterocycles. The van der Waals surface area contributed by atoms with E-state index in [1.165, 1.54) is 4.68 Å². The molecule has 7 nitrogen and oxygen atoms in total. The van der Waals surface area contributed by atoms with Gasteiger partial charge in [-0.1, -0.05) is 11.8 Å². The molecule has 0 aromatic carbocycles. The van der Waals surface area contributed by atoms with Gasteiger partial charge in [0.1, 0.15) is 0 Å². The Morgan fingerprint density at radius 2 is 2.33 bits per heavy atom. The molecule has 2 aromatic rings. The standard InChI is InChI=1S/C10H11N5O2S/c1-6-4-7(2-3-12-6)9-13-14-10(15(9)11)18-5-8(16)17/h2-4H,5,11H2,1H3,(H,16,17). The van der Waals surface area contributed by atoms with Crippen molar-refractivity contribution in [2.75, 3.05) is 11.6 Å². The number of pyridine rings is 1. The van der Waals surface area contributed by atoms with E-state index < -0.39 is 5.97 Å². The second kappa shape index (κ2) is 5.05. The smallest absolute Gasteiger partial charge is 0.313 e. The fourth-order valence-corrected chi connectivity index (χ4v) is 1.96. The summed E-state index contributed by atoms with van der Waals surface area (Å²) >= 11 is 1.02. The number of carbonyl (C=O) groups is 1. The summed E-state index contributed by atoms with van der Waals surface area (Å²) in [5, 5.41) is 16.8. The summed E-state index contributed by atoms with van der Waals surface area (Å²) in [6.45, 7) is 1.86. The highest BCUT2D eigenvalue weighted by atomic mass is 32.2. The number of nitrogens with zero attached hydrogens (tertiary/aromatic N) is 4. The number of carboxylic acid groups (broad SMARTS) is 1. The summed E-state index contributed by atoms with van der Waals surface area (Å²) in [7, 11) is 0. The predicted octanol–water partition coefficient (Wildman–Crippen LogP) is 0.539. The van der Waals surface area contributed by atoms with Crippen molar-refractivity contribution in [1.29, 1.82) is 0 Å². The first-order valence-corrected chi connectivity index (χ1v) is 6.04. The largest absolute Gasteiger partial charge is 0.481 e. The number of nitrogens with two attached hydrogens (primary N) is 1. The lowest BCUT2D eigenvalue weighted by Gasteiger charge is -2.03. The fourth-order valence-electron chi connectivity index (χ4n) is 1.38. The molecule has 0 radical (unpaired) electrons. The van der Waals surface area contributed by atoms with Gasteiger partial charge in [0.15, 0.2) is 5.82 Å². The summed E-state index contributed by atoms with van der Waals surface area (Å²) < 4.78 is 1.28. The highest BCUT2D eigenvalue weighted by Gasteiger charge is 2.13. The molecule has 8 heteroatoms. The zero-order valence-corrected chi connectivity index (χ0v) is 10.4. The third kappa shape index (κ3) is 2.59.